The van der Waals surface area contributed by atoms with Crippen molar-refractivity contribution in [2.24, 2.45) is 0 Å². The lowest BCUT2D eigenvalue weighted by Crippen LogP contribution is -2.41. The third-order valence-corrected chi connectivity index (χ3v) is 5.02. The fourth-order valence-corrected chi connectivity index (χ4v) is 3.25. The fourth-order valence-electron chi connectivity index (χ4n) is 3.25. The summed E-state index contributed by atoms with van der Waals surface area (Å²) in [6.07, 6.45) is 8.53. The van der Waals surface area contributed by atoms with Crippen LogP contribution in [0.15, 0.2) is 48.7 Å². The summed E-state index contributed by atoms with van der Waals surface area (Å²) in [4.78, 5) is 31.1. The van der Waals surface area contributed by atoms with Gasteiger partial charge in [0, 0.05) is 19.2 Å². The molecule has 1 fully saturated rings. The molecule has 1 aromatic carbocycles. The molecule has 2 amide bonds. The number of piperidine rings is 1. The van der Waals surface area contributed by atoms with Crippen LogP contribution < -0.4 is 20.3 Å². The SMILES string of the molecule is COc1ccc(/C=C/C(=O)NC(C)C(=O)Nc2ccc(N3CCCCC3)cn2)cc1. The highest BCUT2D eigenvalue weighted by Gasteiger charge is 2.16. The minimum absolute atomic E-state index is 0.320. The average Bonchev–Trinajstić information content (AvgIpc) is 2.79. The van der Waals surface area contributed by atoms with Gasteiger partial charge in [-0.15, -0.1) is 0 Å². The zero-order valence-electron chi connectivity index (χ0n) is 17.4. The molecular weight excluding hydrogens is 380 g/mol. The van der Waals surface area contributed by atoms with Crippen molar-refractivity contribution >= 4 is 29.4 Å². The van der Waals surface area contributed by atoms with Gasteiger partial charge < -0.3 is 20.3 Å². The van der Waals surface area contributed by atoms with Crippen LogP contribution in [0, 0.1) is 0 Å². The highest BCUT2D eigenvalue weighted by molar-refractivity contribution is 5.99. The van der Waals surface area contributed by atoms with E-state index in [0.29, 0.717) is 5.82 Å². The van der Waals surface area contributed by atoms with Gasteiger partial charge in [-0.3, -0.25) is 9.59 Å². The third-order valence-electron chi connectivity index (χ3n) is 5.02. The third kappa shape index (κ3) is 6.07. The summed E-state index contributed by atoms with van der Waals surface area (Å²) in [5, 5.41) is 5.40. The van der Waals surface area contributed by atoms with E-state index in [1.165, 1.54) is 25.3 Å². The average molecular weight is 409 g/mol. The number of ether oxygens (including phenoxy) is 1. The second-order valence-electron chi connectivity index (χ2n) is 7.28. The molecule has 30 heavy (non-hydrogen) atoms. The molecule has 3 rings (SSSR count). The van der Waals surface area contributed by atoms with Gasteiger partial charge in [-0.25, -0.2) is 4.98 Å². The lowest BCUT2D eigenvalue weighted by atomic mass is 10.1. The molecule has 1 aliphatic heterocycles. The van der Waals surface area contributed by atoms with Gasteiger partial charge in [0.1, 0.15) is 17.6 Å². The van der Waals surface area contributed by atoms with Crippen molar-refractivity contribution in [1.82, 2.24) is 10.3 Å². The molecule has 0 aliphatic carbocycles. The first-order valence-electron chi connectivity index (χ1n) is 10.2. The molecule has 1 aromatic heterocycles. The van der Waals surface area contributed by atoms with E-state index in [1.54, 1.807) is 32.4 Å². The Morgan fingerprint density at radius 3 is 2.47 bits per heavy atom. The van der Waals surface area contributed by atoms with Crippen molar-refractivity contribution in [2.75, 3.05) is 30.4 Å². The summed E-state index contributed by atoms with van der Waals surface area (Å²) < 4.78 is 5.10. The minimum atomic E-state index is -0.693. The summed E-state index contributed by atoms with van der Waals surface area (Å²) in [5.41, 5.74) is 1.93. The number of amides is 2. The maximum atomic E-state index is 12.4. The summed E-state index contributed by atoms with van der Waals surface area (Å²) in [7, 11) is 1.60. The molecule has 1 unspecified atom stereocenters. The number of rotatable bonds is 7. The molecule has 2 N–H and O–H groups in total. The van der Waals surface area contributed by atoms with E-state index in [4.69, 9.17) is 4.74 Å². The van der Waals surface area contributed by atoms with Gasteiger partial charge in [-0.05, 0) is 62.1 Å². The quantitative estimate of drug-likeness (QED) is 0.687. The van der Waals surface area contributed by atoms with Gasteiger partial charge in [-0.2, -0.15) is 0 Å². The minimum Gasteiger partial charge on any atom is -0.497 e. The smallest absolute Gasteiger partial charge is 0.247 e. The molecule has 1 atom stereocenters. The van der Waals surface area contributed by atoms with Gasteiger partial charge in [0.15, 0.2) is 0 Å². The van der Waals surface area contributed by atoms with Crippen LogP contribution in [-0.4, -0.2) is 43.0 Å². The Morgan fingerprint density at radius 1 is 1.10 bits per heavy atom. The van der Waals surface area contributed by atoms with E-state index < -0.39 is 6.04 Å². The van der Waals surface area contributed by atoms with Crippen molar-refractivity contribution in [3.63, 3.8) is 0 Å². The molecule has 7 heteroatoms. The molecule has 0 radical (unpaired) electrons. The van der Waals surface area contributed by atoms with Crippen molar-refractivity contribution < 1.29 is 14.3 Å². The first-order chi connectivity index (χ1) is 14.5. The van der Waals surface area contributed by atoms with Crippen molar-refractivity contribution in [3.8, 4) is 5.75 Å². The van der Waals surface area contributed by atoms with Crippen LogP contribution >= 0.6 is 0 Å². The molecule has 158 valence electrons. The molecule has 0 saturated carbocycles. The van der Waals surface area contributed by atoms with Crippen LogP contribution in [0.25, 0.3) is 6.08 Å². The van der Waals surface area contributed by atoms with Crippen molar-refractivity contribution in [3.05, 3.63) is 54.2 Å². The highest BCUT2D eigenvalue weighted by atomic mass is 16.5. The van der Waals surface area contributed by atoms with Gasteiger partial charge >= 0.3 is 0 Å². The number of pyridine rings is 1. The number of methoxy groups -OCH3 is 1. The number of aromatic nitrogens is 1. The van der Waals surface area contributed by atoms with Gasteiger partial charge in [-0.1, -0.05) is 12.1 Å². The number of hydrogen-bond acceptors (Lipinski definition) is 5. The van der Waals surface area contributed by atoms with Gasteiger partial charge in [0.05, 0.1) is 19.0 Å². The first-order valence-corrected chi connectivity index (χ1v) is 10.2. The number of hydrogen-bond donors (Lipinski definition) is 2. The summed E-state index contributed by atoms with van der Waals surface area (Å²) in [5.74, 6) is 0.552. The van der Waals surface area contributed by atoms with Gasteiger partial charge in [0.2, 0.25) is 11.8 Å². The predicted molar refractivity (Wildman–Crippen MR) is 119 cm³/mol. The number of benzene rings is 1. The van der Waals surface area contributed by atoms with Crippen LogP contribution in [0.1, 0.15) is 31.7 Å². The number of nitrogens with zero attached hydrogens (tertiary/aromatic N) is 2. The molecule has 1 aliphatic rings. The van der Waals surface area contributed by atoms with E-state index in [0.717, 1.165) is 30.1 Å². The van der Waals surface area contributed by atoms with E-state index in [-0.39, 0.29) is 11.8 Å². The Balaban J connectivity index is 1.48. The fraction of sp³-hybridized carbons (Fsp3) is 0.348. The van der Waals surface area contributed by atoms with Crippen LogP contribution in [0.3, 0.4) is 0 Å². The predicted octanol–water partition coefficient (Wildman–Crippen LogP) is 3.24. The Morgan fingerprint density at radius 2 is 1.83 bits per heavy atom. The lowest BCUT2D eigenvalue weighted by Gasteiger charge is -2.28. The Bertz CT molecular complexity index is 872. The molecule has 7 nitrogen and oxygen atoms in total. The van der Waals surface area contributed by atoms with Crippen LogP contribution in [-0.2, 0) is 9.59 Å². The van der Waals surface area contributed by atoms with E-state index in [1.807, 2.05) is 30.3 Å². The second kappa shape index (κ2) is 10.4. The summed E-state index contributed by atoms with van der Waals surface area (Å²) >= 11 is 0. The highest BCUT2D eigenvalue weighted by Crippen LogP contribution is 2.20. The first kappa shape index (κ1) is 21.4. The number of anilines is 2. The van der Waals surface area contributed by atoms with Crippen LogP contribution in [0.5, 0.6) is 5.75 Å². The van der Waals surface area contributed by atoms with Crippen molar-refractivity contribution in [1.29, 1.82) is 0 Å². The molecule has 1 saturated heterocycles. The number of carbonyl (C=O) groups is 2. The van der Waals surface area contributed by atoms with E-state index in [2.05, 4.69) is 20.5 Å². The Hall–Kier alpha value is -3.35. The van der Waals surface area contributed by atoms with Gasteiger partial charge in [0.25, 0.3) is 0 Å². The monoisotopic (exact) mass is 408 g/mol. The maximum Gasteiger partial charge on any atom is 0.247 e. The van der Waals surface area contributed by atoms with Crippen molar-refractivity contribution in [2.45, 2.75) is 32.2 Å². The van der Waals surface area contributed by atoms with E-state index >= 15 is 0 Å². The molecule has 2 aromatic rings. The Labute approximate surface area is 177 Å². The molecular formula is C23H28N4O3. The maximum absolute atomic E-state index is 12.4. The summed E-state index contributed by atoms with van der Waals surface area (Å²) in [6.45, 7) is 3.72. The lowest BCUT2D eigenvalue weighted by molar-refractivity contribution is -0.123. The van der Waals surface area contributed by atoms with Crippen LogP contribution in [0.2, 0.25) is 0 Å². The van der Waals surface area contributed by atoms with E-state index in [9.17, 15) is 9.59 Å². The molecule has 0 bridgehead atoms. The standard InChI is InChI=1S/C23H28N4O3/c1-17(25-22(28)13-8-18-6-10-20(30-2)11-7-18)23(29)26-21-12-9-19(16-24-21)27-14-4-3-5-15-27/h6-13,16-17H,3-5,14-15H2,1-2H3,(H,25,28)(H,24,26,29)/b13-8+. The normalized spacial score (nSPS) is 14.9. The van der Waals surface area contributed by atoms with Crippen LogP contribution in [0.4, 0.5) is 11.5 Å². The summed E-state index contributed by atoms with van der Waals surface area (Å²) in [6, 6.07) is 10.4. The largest absolute Gasteiger partial charge is 0.497 e. The Kier molecular flexibility index (Phi) is 7.43. The number of carbonyl (C=O) groups excluding carboxylic acids is 2. The molecule has 2 heterocycles. The topological polar surface area (TPSA) is 83.6 Å². The zero-order valence-corrected chi connectivity index (χ0v) is 17.4. The number of nitrogens with one attached hydrogen (secondary N) is 2. The second-order valence-corrected chi connectivity index (χ2v) is 7.28. The zero-order chi connectivity index (χ0) is 21.3. The molecule has 0 spiro atoms.